The quantitative estimate of drug-likeness (QED) is 0.624. The van der Waals surface area contributed by atoms with E-state index in [9.17, 15) is 0 Å². The van der Waals surface area contributed by atoms with Crippen LogP contribution in [0.5, 0.6) is 0 Å². The van der Waals surface area contributed by atoms with Gasteiger partial charge in [0.05, 0.1) is 30.7 Å². The molecule has 0 aliphatic carbocycles. The molecule has 5 heterocycles. The summed E-state index contributed by atoms with van der Waals surface area (Å²) in [4.78, 5) is 24.0. The van der Waals surface area contributed by atoms with Crippen molar-refractivity contribution in [3.63, 3.8) is 0 Å². The molecule has 2 saturated heterocycles. The predicted octanol–water partition coefficient (Wildman–Crippen LogP) is 1.42. The normalized spacial score (nSPS) is 20.4. The Kier molecular flexibility index (Phi) is 4.76. The van der Waals surface area contributed by atoms with Crippen molar-refractivity contribution >= 4 is 22.9 Å². The fraction of sp³-hybridized carbons (Fsp3) is 0.474. The van der Waals surface area contributed by atoms with Crippen molar-refractivity contribution in [3.8, 4) is 11.3 Å². The number of nitrogens with one attached hydrogen (secondary N) is 3. The Morgan fingerprint density at radius 3 is 2.93 bits per heavy atom. The van der Waals surface area contributed by atoms with E-state index in [1.54, 1.807) is 6.20 Å². The fourth-order valence-electron chi connectivity index (χ4n) is 3.71. The maximum Gasteiger partial charge on any atom is 0.227 e. The van der Waals surface area contributed by atoms with Crippen LogP contribution in [-0.4, -0.2) is 70.4 Å². The molecule has 5 rings (SSSR count). The van der Waals surface area contributed by atoms with Gasteiger partial charge in [0.2, 0.25) is 5.95 Å². The van der Waals surface area contributed by atoms with Gasteiger partial charge < -0.3 is 25.3 Å². The first kappa shape index (κ1) is 17.3. The van der Waals surface area contributed by atoms with E-state index in [4.69, 9.17) is 14.7 Å². The molecule has 0 spiro atoms. The second-order valence-corrected chi connectivity index (χ2v) is 7.19. The number of ether oxygens (including phenoxy) is 1. The SMILES string of the molecule is c1cc2nc(-c3cnc(N4CCOCC4)nc3N[C@H]3CCCNC3)cnc2[nH]1. The second-order valence-electron chi connectivity index (χ2n) is 7.19. The topological polar surface area (TPSA) is 104 Å². The minimum atomic E-state index is 0.337. The highest BCUT2D eigenvalue weighted by atomic mass is 16.5. The molecule has 2 fully saturated rings. The first-order valence-electron chi connectivity index (χ1n) is 9.84. The van der Waals surface area contributed by atoms with Crippen molar-refractivity contribution < 1.29 is 4.74 Å². The first-order valence-corrected chi connectivity index (χ1v) is 9.84. The molecule has 1 atom stereocenters. The Bertz CT molecular complexity index is 946. The minimum Gasteiger partial charge on any atom is -0.378 e. The van der Waals surface area contributed by atoms with E-state index in [2.05, 4.69) is 30.5 Å². The highest BCUT2D eigenvalue weighted by Gasteiger charge is 2.20. The van der Waals surface area contributed by atoms with Crippen molar-refractivity contribution in [1.82, 2.24) is 30.2 Å². The third-order valence-electron chi connectivity index (χ3n) is 5.24. The summed E-state index contributed by atoms with van der Waals surface area (Å²) in [5.41, 5.74) is 3.26. The Hall–Kier alpha value is -2.78. The van der Waals surface area contributed by atoms with E-state index >= 15 is 0 Å². The van der Waals surface area contributed by atoms with Gasteiger partial charge in [0.15, 0.2) is 5.65 Å². The number of morpholine rings is 1. The number of aromatic nitrogens is 5. The summed E-state index contributed by atoms with van der Waals surface area (Å²) in [6.45, 7) is 5.02. The smallest absolute Gasteiger partial charge is 0.227 e. The fourth-order valence-corrected chi connectivity index (χ4v) is 3.71. The maximum atomic E-state index is 5.46. The third kappa shape index (κ3) is 3.50. The van der Waals surface area contributed by atoms with E-state index in [0.29, 0.717) is 19.3 Å². The van der Waals surface area contributed by atoms with E-state index < -0.39 is 0 Å². The number of hydrogen-bond acceptors (Lipinski definition) is 8. The van der Waals surface area contributed by atoms with Gasteiger partial charge in [0.25, 0.3) is 0 Å². The van der Waals surface area contributed by atoms with Gasteiger partial charge in [0, 0.05) is 38.1 Å². The lowest BCUT2D eigenvalue weighted by Gasteiger charge is -2.29. The number of H-pyrrole nitrogens is 1. The number of nitrogens with zero attached hydrogens (tertiary/aromatic N) is 5. The lowest BCUT2D eigenvalue weighted by Crippen LogP contribution is -2.39. The van der Waals surface area contributed by atoms with Crippen molar-refractivity contribution in [2.24, 2.45) is 0 Å². The summed E-state index contributed by atoms with van der Waals surface area (Å²) < 4.78 is 5.46. The van der Waals surface area contributed by atoms with Gasteiger partial charge in [-0.1, -0.05) is 0 Å². The summed E-state index contributed by atoms with van der Waals surface area (Å²) in [6, 6.07) is 2.26. The van der Waals surface area contributed by atoms with Crippen molar-refractivity contribution in [3.05, 3.63) is 24.7 Å². The highest BCUT2D eigenvalue weighted by Crippen LogP contribution is 2.28. The van der Waals surface area contributed by atoms with Gasteiger partial charge in [-0.2, -0.15) is 4.98 Å². The molecule has 0 radical (unpaired) electrons. The maximum absolute atomic E-state index is 5.46. The number of hydrogen-bond donors (Lipinski definition) is 3. The zero-order valence-corrected chi connectivity index (χ0v) is 15.7. The van der Waals surface area contributed by atoms with Crippen LogP contribution in [-0.2, 0) is 4.74 Å². The molecular formula is C19H24N8O. The monoisotopic (exact) mass is 380 g/mol. The molecule has 9 heteroatoms. The van der Waals surface area contributed by atoms with Crippen LogP contribution in [0.2, 0.25) is 0 Å². The molecule has 0 unspecified atom stereocenters. The molecule has 28 heavy (non-hydrogen) atoms. The molecule has 0 bridgehead atoms. The number of aromatic amines is 1. The van der Waals surface area contributed by atoms with Crippen LogP contribution in [0.25, 0.3) is 22.4 Å². The van der Waals surface area contributed by atoms with Gasteiger partial charge in [-0.05, 0) is 25.5 Å². The molecule has 3 N–H and O–H groups in total. The summed E-state index contributed by atoms with van der Waals surface area (Å²) in [5, 5.41) is 7.07. The molecule has 146 valence electrons. The van der Waals surface area contributed by atoms with Gasteiger partial charge >= 0.3 is 0 Å². The van der Waals surface area contributed by atoms with E-state index in [0.717, 1.165) is 73.2 Å². The Labute approximate surface area is 163 Å². The summed E-state index contributed by atoms with van der Waals surface area (Å²) in [5.74, 6) is 1.54. The van der Waals surface area contributed by atoms with Crippen LogP contribution in [0.1, 0.15) is 12.8 Å². The minimum absolute atomic E-state index is 0.337. The number of anilines is 2. The average Bonchev–Trinajstić information content (AvgIpc) is 3.23. The lowest BCUT2D eigenvalue weighted by atomic mass is 10.1. The standard InChI is InChI=1S/C19H24N8O/c1-2-13(10-20-4-1)24-17-14(16-12-22-18-15(25-16)3-5-21-18)11-23-19(26-17)27-6-8-28-9-7-27/h3,5,11-13,20H,1-2,4,6-10H2,(H,21,22)(H,23,24,26)/t13-/m0/s1. The second kappa shape index (κ2) is 7.69. The molecular weight excluding hydrogens is 356 g/mol. The Balaban J connectivity index is 1.51. The predicted molar refractivity (Wildman–Crippen MR) is 107 cm³/mol. The third-order valence-corrected chi connectivity index (χ3v) is 5.24. The molecule has 3 aromatic rings. The van der Waals surface area contributed by atoms with Crippen LogP contribution >= 0.6 is 0 Å². The number of rotatable bonds is 4. The molecule has 0 amide bonds. The zero-order valence-electron chi connectivity index (χ0n) is 15.7. The summed E-state index contributed by atoms with van der Waals surface area (Å²) in [6.07, 6.45) is 7.75. The Morgan fingerprint density at radius 1 is 1.14 bits per heavy atom. The van der Waals surface area contributed by atoms with Crippen LogP contribution in [0.3, 0.4) is 0 Å². The summed E-state index contributed by atoms with van der Waals surface area (Å²) in [7, 11) is 0. The van der Waals surface area contributed by atoms with E-state index in [1.807, 2.05) is 18.5 Å². The molecule has 2 aliphatic heterocycles. The van der Waals surface area contributed by atoms with Gasteiger partial charge in [-0.15, -0.1) is 0 Å². The molecule has 0 saturated carbocycles. The summed E-state index contributed by atoms with van der Waals surface area (Å²) >= 11 is 0. The molecule has 9 nitrogen and oxygen atoms in total. The van der Waals surface area contributed by atoms with Crippen LogP contribution in [0.4, 0.5) is 11.8 Å². The van der Waals surface area contributed by atoms with Gasteiger partial charge in [-0.3, -0.25) is 0 Å². The lowest BCUT2D eigenvalue weighted by molar-refractivity contribution is 0.122. The number of fused-ring (bicyclic) bond motifs is 1. The van der Waals surface area contributed by atoms with Crippen molar-refractivity contribution in [2.45, 2.75) is 18.9 Å². The molecule has 3 aromatic heterocycles. The van der Waals surface area contributed by atoms with Gasteiger partial charge in [-0.25, -0.2) is 15.0 Å². The van der Waals surface area contributed by atoms with Crippen molar-refractivity contribution in [2.75, 3.05) is 49.6 Å². The number of piperidine rings is 1. The van der Waals surface area contributed by atoms with Gasteiger partial charge in [0.1, 0.15) is 11.3 Å². The largest absolute Gasteiger partial charge is 0.378 e. The molecule has 0 aromatic carbocycles. The first-order chi connectivity index (χ1) is 13.9. The Morgan fingerprint density at radius 2 is 2.07 bits per heavy atom. The van der Waals surface area contributed by atoms with Crippen LogP contribution in [0.15, 0.2) is 24.7 Å². The van der Waals surface area contributed by atoms with Crippen molar-refractivity contribution in [1.29, 1.82) is 0 Å². The van der Waals surface area contributed by atoms with Crippen LogP contribution < -0.4 is 15.5 Å². The van der Waals surface area contributed by atoms with Crippen LogP contribution in [0, 0.1) is 0 Å². The zero-order chi connectivity index (χ0) is 18.8. The average molecular weight is 380 g/mol. The van der Waals surface area contributed by atoms with E-state index in [1.165, 1.54) is 0 Å². The van der Waals surface area contributed by atoms with E-state index in [-0.39, 0.29) is 0 Å². The highest BCUT2D eigenvalue weighted by molar-refractivity contribution is 5.78. The molecule has 2 aliphatic rings.